The summed E-state index contributed by atoms with van der Waals surface area (Å²) in [6.45, 7) is 3.91. The van der Waals surface area contributed by atoms with Crippen LogP contribution in [0.4, 0.5) is 4.39 Å². The molecule has 1 rings (SSSR count). The Kier molecular flexibility index (Phi) is 3.02. The average Bonchev–Trinajstić information content (AvgIpc) is 2.16. The number of rotatable bonds is 2. The van der Waals surface area contributed by atoms with E-state index in [1.807, 2.05) is 19.9 Å². The Morgan fingerprint density at radius 3 is 2.77 bits per heavy atom. The van der Waals surface area contributed by atoms with Crippen LogP contribution in [0.25, 0.3) is 0 Å². The predicted octanol–water partition coefficient (Wildman–Crippen LogP) is 3.21. The fraction of sp³-hybridized carbons (Fsp3) is 0.364. The van der Waals surface area contributed by atoms with Gasteiger partial charge in [-0.15, -0.1) is 0 Å². The molecule has 1 aromatic rings. The molecule has 0 radical (unpaired) electrons. The number of hydrogen-bond acceptors (Lipinski definition) is 1. The number of hydrogen-bond donors (Lipinski definition) is 0. The molecule has 0 N–H and O–H groups in total. The third-order valence-electron chi connectivity index (χ3n) is 2.28. The fourth-order valence-electron chi connectivity index (χ4n) is 1.34. The van der Waals surface area contributed by atoms with Gasteiger partial charge in [0.05, 0.1) is 11.6 Å². The Morgan fingerprint density at radius 1 is 1.54 bits per heavy atom. The highest BCUT2D eigenvalue weighted by Crippen LogP contribution is 2.24. The first kappa shape index (κ1) is 9.73. The van der Waals surface area contributed by atoms with Gasteiger partial charge in [-0.1, -0.05) is 19.9 Å². The fourth-order valence-corrected chi connectivity index (χ4v) is 1.34. The van der Waals surface area contributed by atoms with E-state index >= 15 is 0 Å². The second kappa shape index (κ2) is 4.04. The number of nitrogens with zero attached hydrogens (tertiary/aromatic N) is 1. The van der Waals surface area contributed by atoms with Crippen molar-refractivity contribution in [3.63, 3.8) is 0 Å². The van der Waals surface area contributed by atoms with Crippen molar-refractivity contribution in [1.29, 1.82) is 5.26 Å². The van der Waals surface area contributed by atoms with Crippen LogP contribution < -0.4 is 0 Å². The quantitative estimate of drug-likeness (QED) is 0.680. The van der Waals surface area contributed by atoms with Crippen LogP contribution in [0.2, 0.25) is 0 Å². The van der Waals surface area contributed by atoms with Crippen LogP contribution in [0.1, 0.15) is 37.3 Å². The molecule has 2 heteroatoms. The Hall–Kier alpha value is -1.36. The molecule has 0 aliphatic heterocycles. The summed E-state index contributed by atoms with van der Waals surface area (Å²) in [6.07, 6.45) is 0.843. The van der Waals surface area contributed by atoms with E-state index in [-0.39, 0.29) is 11.7 Å². The zero-order valence-electron chi connectivity index (χ0n) is 7.84. The van der Waals surface area contributed by atoms with Crippen molar-refractivity contribution in [3.05, 3.63) is 35.1 Å². The van der Waals surface area contributed by atoms with Crippen molar-refractivity contribution in [2.75, 3.05) is 0 Å². The lowest BCUT2D eigenvalue weighted by Gasteiger charge is -2.11. The molecule has 1 atom stereocenters. The van der Waals surface area contributed by atoms with Gasteiger partial charge in [-0.2, -0.15) is 5.26 Å². The zero-order chi connectivity index (χ0) is 9.84. The van der Waals surface area contributed by atoms with Crippen molar-refractivity contribution >= 4 is 0 Å². The lowest BCUT2D eigenvalue weighted by Crippen LogP contribution is -1.99. The molecule has 0 heterocycles. The minimum absolute atomic E-state index is 0.107. The molecule has 0 bridgehead atoms. The van der Waals surface area contributed by atoms with E-state index in [1.165, 1.54) is 6.07 Å². The summed E-state index contributed by atoms with van der Waals surface area (Å²) >= 11 is 0. The SMILES string of the molecule is CCC(C)c1c(F)cccc1C#N. The van der Waals surface area contributed by atoms with Gasteiger partial charge < -0.3 is 0 Å². The summed E-state index contributed by atoms with van der Waals surface area (Å²) in [6, 6.07) is 6.64. The smallest absolute Gasteiger partial charge is 0.127 e. The van der Waals surface area contributed by atoms with Gasteiger partial charge in [-0.25, -0.2) is 4.39 Å². The van der Waals surface area contributed by atoms with Crippen LogP contribution in [-0.4, -0.2) is 0 Å². The van der Waals surface area contributed by atoms with Crippen LogP contribution in [0.15, 0.2) is 18.2 Å². The van der Waals surface area contributed by atoms with Gasteiger partial charge in [-0.05, 0) is 24.5 Å². The average molecular weight is 177 g/mol. The lowest BCUT2D eigenvalue weighted by molar-refractivity contribution is 0.582. The Balaban J connectivity index is 3.24. The lowest BCUT2D eigenvalue weighted by atomic mass is 9.94. The molecule has 0 aliphatic carbocycles. The first-order valence-corrected chi connectivity index (χ1v) is 4.39. The Labute approximate surface area is 77.8 Å². The van der Waals surface area contributed by atoms with Gasteiger partial charge in [-0.3, -0.25) is 0 Å². The van der Waals surface area contributed by atoms with E-state index in [0.717, 1.165) is 6.42 Å². The molecule has 0 spiro atoms. The molecular formula is C11H12FN. The molecule has 0 aromatic heterocycles. The van der Waals surface area contributed by atoms with E-state index in [4.69, 9.17) is 5.26 Å². The topological polar surface area (TPSA) is 23.8 Å². The maximum Gasteiger partial charge on any atom is 0.127 e. The van der Waals surface area contributed by atoms with Crippen LogP contribution in [0.5, 0.6) is 0 Å². The molecule has 1 aromatic carbocycles. The van der Waals surface area contributed by atoms with E-state index in [9.17, 15) is 4.39 Å². The molecule has 0 saturated heterocycles. The van der Waals surface area contributed by atoms with Gasteiger partial charge in [0.2, 0.25) is 0 Å². The van der Waals surface area contributed by atoms with Crippen LogP contribution in [0, 0.1) is 17.1 Å². The second-order valence-electron chi connectivity index (χ2n) is 3.12. The predicted molar refractivity (Wildman–Crippen MR) is 49.8 cm³/mol. The summed E-state index contributed by atoms with van der Waals surface area (Å²) in [7, 11) is 0. The molecule has 0 saturated carbocycles. The van der Waals surface area contributed by atoms with Gasteiger partial charge >= 0.3 is 0 Å². The van der Waals surface area contributed by atoms with Crippen LogP contribution in [-0.2, 0) is 0 Å². The van der Waals surface area contributed by atoms with Gasteiger partial charge in [0, 0.05) is 5.56 Å². The molecule has 0 aliphatic rings. The van der Waals surface area contributed by atoms with Crippen LogP contribution in [0.3, 0.4) is 0 Å². The largest absolute Gasteiger partial charge is 0.207 e. The van der Waals surface area contributed by atoms with Crippen LogP contribution >= 0.6 is 0 Å². The number of benzene rings is 1. The third kappa shape index (κ3) is 1.86. The molecule has 0 fully saturated rings. The zero-order valence-corrected chi connectivity index (χ0v) is 7.84. The highest BCUT2D eigenvalue weighted by Gasteiger charge is 2.13. The number of halogens is 1. The van der Waals surface area contributed by atoms with E-state index in [1.54, 1.807) is 12.1 Å². The number of nitriles is 1. The Bertz CT molecular complexity index is 338. The third-order valence-corrected chi connectivity index (χ3v) is 2.28. The van der Waals surface area contributed by atoms with E-state index < -0.39 is 0 Å². The first-order chi connectivity index (χ1) is 6.20. The molecule has 68 valence electrons. The summed E-state index contributed by atoms with van der Waals surface area (Å²) in [4.78, 5) is 0. The first-order valence-electron chi connectivity index (χ1n) is 4.39. The highest BCUT2D eigenvalue weighted by atomic mass is 19.1. The minimum Gasteiger partial charge on any atom is -0.207 e. The van der Waals surface area contributed by atoms with Gasteiger partial charge in [0.15, 0.2) is 0 Å². The van der Waals surface area contributed by atoms with E-state index in [2.05, 4.69) is 0 Å². The molecular weight excluding hydrogens is 165 g/mol. The molecule has 1 nitrogen and oxygen atoms in total. The van der Waals surface area contributed by atoms with Crippen molar-refractivity contribution in [3.8, 4) is 6.07 Å². The summed E-state index contributed by atoms with van der Waals surface area (Å²) in [5.41, 5.74) is 1.00. The molecule has 0 amide bonds. The van der Waals surface area contributed by atoms with Crippen molar-refractivity contribution in [2.24, 2.45) is 0 Å². The van der Waals surface area contributed by atoms with Crippen molar-refractivity contribution in [1.82, 2.24) is 0 Å². The second-order valence-corrected chi connectivity index (χ2v) is 3.12. The molecule has 1 unspecified atom stereocenters. The monoisotopic (exact) mass is 177 g/mol. The maximum atomic E-state index is 13.3. The standard InChI is InChI=1S/C11H12FN/c1-3-8(2)11-9(7-13)5-4-6-10(11)12/h4-6,8H,3H2,1-2H3. The summed E-state index contributed by atoms with van der Waals surface area (Å²) < 4.78 is 13.3. The summed E-state index contributed by atoms with van der Waals surface area (Å²) in [5, 5.41) is 8.77. The van der Waals surface area contributed by atoms with Crippen molar-refractivity contribution < 1.29 is 4.39 Å². The van der Waals surface area contributed by atoms with Gasteiger partial charge in [0.25, 0.3) is 0 Å². The Morgan fingerprint density at radius 2 is 2.23 bits per heavy atom. The van der Waals surface area contributed by atoms with E-state index in [0.29, 0.717) is 11.1 Å². The normalized spacial score (nSPS) is 12.2. The van der Waals surface area contributed by atoms with Crippen molar-refractivity contribution in [2.45, 2.75) is 26.2 Å². The molecule has 13 heavy (non-hydrogen) atoms. The highest BCUT2D eigenvalue weighted by molar-refractivity contribution is 5.40. The minimum atomic E-state index is -0.270. The maximum absolute atomic E-state index is 13.3. The van der Waals surface area contributed by atoms with Gasteiger partial charge in [0.1, 0.15) is 5.82 Å². The summed E-state index contributed by atoms with van der Waals surface area (Å²) in [5.74, 6) is -0.163.